The highest BCUT2D eigenvalue weighted by atomic mass is 32.1. The van der Waals surface area contributed by atoms with Gasteiger partial charge in [-0.05, 0) is 53.6 Å². The Hall–Kier alpha value is -2.05. The average Bonchev–Trinajstić information content (AvgIpc) is 3.07. The lowest BCUT2D eigenvalue weighted by molar-refractivity contribution is -0.123. The Morgan fingerprint density at radius 1 is 1.23 bits per heavy atom. The lowest BCUT2D eigenvalue weighted by Crippen LogP contribution is -2.32. The quantitative estimate of drug-likeness (QED) is 0.783. The van der Waals surface area contributed by atoms with Crippen molar-refractivity contribution in [2.24, 2.45) is 0 Å². The van der Waals surface area contributed by atoms with Crippen LogP contribution in [-0.2, 0) is 4.79 Å². The Bertz CT molecular complexity index is 568. The smallest absolute Gasteiger partial charge is 0.258 e. The van der Waals surface area contributed by atoms with Gasteiger partial charge < -0.3 is 19.9 Å². The summed E-state index contributed by atoms with van der Waals surface area (Å²) < 4.78 is 10.7. The second-order valence-electron chi connectivity index (χ2n) is 4.57. The molecule has 0 aliphatic carbocycles. The van der Waals surface area contributed by atoms with Crippen LogP contribution in [0.1, 0.15) is 18.6 Å². The van der Waals surface area contributed by atoms with Gasteiger partial charge in [0, 0.05) is 6.54 Å². The summed E-state index contributed by atoms with van der Waals surface area (Å²) in [5, 5.41) is 16.2. The number of aliphatic hydroxyl groups is 1. The molecule has 0 bridgehead atoms. The second-order valence-corrected chi connectivity index (χ2v) is 5.35. The summed E-state index contributed by atoms with van der Waals surface area (Å²) in [6.07, 6.45) is -0.694. The Kier molecular flexibility index (Phi) is 6.24. The average molecular weight is 321 g/mol. The summed E-state index contributed by atoms with van der Waals surface area (Å²) in [5.41, 5.74) is 0.803. The van der Waals surface area contributed by atoms with E-state index >= 15 is 0 Å². The summed E-state index contributed by atoms with van der Waals surface area (Å²) in [6.45, 7) is 2.60. The molecule has 118 valence electrons. The number of hydrogen-bond donors (Lipinski definition) is 2. The standard InChI is InChI=1S/C16H19NO4S/c1-2-20-13-3-5-14(6-4-13)21-10-16(19)17-9-15(18)12-7-8-22-11-12/h3-8,11,15,18H,2,9-10H2,1H3,(H,17,19). The van der Waals surface area contributed by atoms with Crippen LogP contribution < -0.4 is 14.8 Å². The van der Waals surface area contributed by atoms with Crippen LogP contribution in [0.15, 0.2) is 41.1 Å². The largest absolute Gasteiger partial charge is 0.494 e. The van der Waals surface area contributed by atoms with Crippen LogP contribution in [0.2, 0.25) is 0 Å². The van der Waals surface area contributed by atoms with Gasteiger partial charge in [0.25, 0.3) is 5.91 Å². The number of ether oxygens (including phenoxy) is 2. The van der Waals surface area contributed by atoms with Crippen LogP contribution in [0.4, 0.5) is 0 Å². The SMILES string of the molecule is CCOc1ccc(OCC(=O)NCC(O)c2ccsc2)cc1. The molecule has 1 aromatic carbocycles. The topological polar surface area (TPSA) is 67.8 Å². The molecular formula is C16H19NO4S. The Labute approximate surface area is 133 Å². The summed E-state index contributed by atoms with van der Waals surface area (Å²) in [6, 6.07) is 8.91. The highest BCUT2D eigenvalue weighted by molar-refractivity contribution is 7.07. The lowest BCUT2D eigenvalue weighted by atomic mass is 10.2. The van der Waals surface area contributed by atoms with E-state index in [2.05, 4.69) is 5.32 Å². The van der Waals surface area contributed by atoms with E-state index in [0.717, 1.165) is 11.3 Å². The van der Waals surface area contributed by atoms with Crippen molar-refractivity contribution in [1.29, 1.82) is 0 Å². The Morgan fingerprint density at radius 2 is 1.91 bits per heavy atom. The molecule has 1 heterocycles. The Morgan fingerprint density at radius 3 is 2.50 bits per heavy atom. The second kappa shape index (κ2) is 8.41. The minimum atomic E-state index is -0.694. The number of carbonyl (C=O) groups is 1. The van der Waals surface area contributed by atoms with Crippen molar-refractivity contribution >= 4 is 17.2 Å². The van der Waals surface area contributed by atoms with Gasteiger partial charge in [0.1, 0.15) is 11.5 Å². The summed E-state index contributed by atoms with van der Waals surface area (Å²) in [4.78, 5) is 11.7. The van der Waals surface area contributed by atoms with E-state index in [-0.39, 0.29) is 19.1 Å². The van der Waals surface area contributed by atoms with E-state index in [9.17, 15) is 9.90 Å². The number of nitrogens with one attached hydrogen (secondary N) is 1. The maximum absolute atomic E-state index is 11.7. The fourth-order valence-corrected chi connectivity index (χ4v) is 2.50. The molecule has 0 saturated carbocycles. The fourth-order valence-electron chi connectivity index (χ4n) is 1.79. The first-order chi connectivity index (χ1) is 10.7. The highest BCUT2D eigenvalue weighted by Gasteiger charge is 2.10. The molecular weight excluding hydrogens is 302 g/mol. The zero-order valence-electron chi connectivity index (χ0n) is 12.3. The number of aliphatic hydroxyl groups excluding tert-OH is 1. The molecule has 0 aliphatic rings. The molecule has 1 unspecified atom stereocenters. The lowest BCUT2D eigenvalue weighted by Gasteiger charge is -2.11. The van der Waals surface area contributed by atoms with E-state index in [1.54, 1.807) is 24.3 Å². The van der Waals surface area contributed by atoms with Crippen LogP contribution in [-0.4, -0.2) is 30.8 Å². The molecule has 0 spiro atoms. The highest BCUT2D eigenvalue weighted by Crippen LogP contribution is 2.17. The van der Waals surface area contributed by atoms with E-state index in [1.165, 1.54) is 11.3 Å². The summed E-state index contributed by atoms with van der Waals surface area (Å²) >= 11 is 1.51. The number of benzene rings is 1. The Balaban J connectivity index is 1.71. The fraction of sp³-hybridized carbons (Fsp3) is 0.312. The van der Waals surface area contributed by atoms with E-state index in [1.807, 2.05) is 23.8 Å². The number of thiophene rings is 1. The van der Waals surface area contributed by atoms with Crippen LogP contribution in [0.5, 0.6) is 11.5 Å². The predicted molar refractivity (Wildman–Crippen MR) is 85.4 cm³/mol. The molecule has 1 amide bonds. The third kappa shape index (κ3) is 5.05. The molecule has 1 aromatic heterocycles. The maximum atomic E-state index is 11.7. The van der Waals surface area contributed by atoms with Crippen molar-refractivity contribution in [3.05, 3.63) is 46.7 Å². The molecule has 0 saturated heterocycles. The molecule has 0 aliphatic heterocycles. The van der Waals surface area contributed by atoms with Crippen molar-refractivity contribution in [2.45, 2.75) is 13.0 Å². The van der Waals surface area contributed by atoms with Crippen molar-refractivity contribution in [3.63, 3.8) is 0 Å². The van der Waals surface area contributed by atoms with Gasteiger partial charge in [-0.15, -0.1) is 0 Å². The third-order valence-electron chi connectivity index (χ3n) is 2.93. The normalized spacial score (nSPS) is 11.7. The van der Waals surface area contributed by atoms with Crippen molar-refractivity contribution in [1.82, 2.24) is 5.32 Å². The minimum absolute atomic E-state index is 0.0929. The van der Waals surface area contributed by atoms with Gasteiger partial charge in [0.15, 0.2) is 6.61 Å². The number of hydrogen-bond acceptors (Lipinski definition) is 5. The number of carbonyl (C=O) groups excluding carboxylic acids is 1. The zero-order valence-corrected chi connectivity index (χ0v) is 13.1. The maximum Gasteiger partial charge on any atom is 0.258 e. The molecule has 5 nitrogen and oxygen atoms in total. The first-order valence-corrected chi connectivity index (χ1v) is 7.96. The molecule has 0 radical (unpaired) electrons. The molecule has 0 fully saturated rings. The van der Waals surface area contributed by atoms with Gasteiger partial charge in [-0.1, -0.05) is 0 Å². The van der Waals surface area contributed by atoms with Gasteiger partial charge in [-0.3, -0.25) is 4.79 Å². The zero-order chi connectivity index (χ0) is 15.8. The third-order valence-corrected chi connectivity index (χ3v) is 3.63. The van der Waals surface area contributed by atoms with E-state index in [0.29, 0.717) is 12.4 Å². The van der Waals surface area contributed by atoms with Crippen molar-refractivity contribution < 1.29 is 19.4 Å². The van der Waals surface area contributed by atoms with Crippen molar-refractivity contribution in [2.75, 3.05) is 19.8 Å². The summed E-state index contributed by atoms with van der Waals surface area (Å²) in [5.74, 6) is 1.08. The molecule has 6 heteroatoms. The van der Waals surface area contributed by atoms with Crippen LogP contribution >= 0.6 is 11.3 Å². The monoisotopic (exact) mass is 321 g/mol. The van der Waals surface area contributed by atoms with Gasteiger partial charge in [-0.25, -0.2) is 0 Å². The van der Waals surface area contributed by atoms with Crippen LogP contribution in [0.3, 0.4) is 0 Å². The first-order valence-electron chi connectivity index (χ1n) is 7.01. The predicted octanol–water partition coefficient (Wildman–Crippen LogP) is 2.38. The van der Waals surface area contributed by atoms with Gasteiger partial charge >= 0.3 is 0 Å². The molecule has 2 N–H and O–H groups in total. The van der Waals surface area contributed by atoms with Crippen LogP contribution in [0, 0.1) is 0 Å². The molecule has 2 rings (SSSR count). The van der Waals surface area contributed by atoms with Gasteiger partial charge in [-0.2, -0.15) is 11.3 Å². The van der Waals surface area contributed by atoms with E-state index in [4.69, 9.17) is 9.47 Å². The number of amides is 1. The molecule has 22 heavy (non-hydrogen) atoms. The van der Waals surface area contributed by atoms with Crippen LogP contribution in [0.25, 0.3) is 0 Å². The first kappa shape index (κ1) is 16.3. The number of rotatable bonds is 8. The van der Waals surface area contributed by atoms with Gasteiger partial charge in [0.05, 0.1) is 12.7 Å². The molecule has 1 atom stereocenters. The summed E-state index contributed by atoms with van der Waals surface area (Å²) in [7, 11) is 0. The van der Waals surface area contributed by atoms with Crippen molar-refractivity contribution in [3.8, 4) is 11.5 Å². The van der Waals surface area contributed by atoms with E-state index < -0.39 is 6.10 Å². The molecule has 2 aromatic rings. The minimum Gasteiger partial charge on any atom is -0.494 e. The van der Waals surface area contributed by atoms with Gasteiger partial charge in [0.2, 0.25) is 0 Å².